The van der Waals surface area contributed by atoms with Gasteiger partial charge in [-0.1, -0.05) is 308 Å². The van der Waals surface area contributed by atoms with Crippen molar-refractivity contribution < 1.29 is 89.4 Å². The van der Waals surface area contributed by atoms with Crippen molar-refractivity contribution in [2.75, 3.05) is 26.4 Å². The minimum absolute atomic E-state index is 0.226. The number of aliphatic hydroxyl groups excluding tert-OH is 11. The van der Waals surface area contributed by atoms with E-state index in [0.717, 1.165) is 135 Å². The van der Waals surface area contributed by atoms with Crippen LogP contribution in [0.2, 0.25) is 0 Å². The van der Waals surface area contributed by atoms with Crippen LogP contribution in [0, 0.1) is 0 Å². The van der Waals surface area contributed by atoms with Crippen LogP contribution in [0.1, 0.15) is 277 Å². The van der Waals surface area contributed by atoms with Gasteiger partial charge in [0.1, 0.15) is 73.2 Å². The number of carbonyl (C=O) groups excluding carboxylic acids is 1. The molecule has 3 heterocycles. The quantitative estimate of drug-likeness (QED) is 0.0199. The van der Waals surface area contributed by atoms with Crippen molar-refractivity contribution in [3.63, 3.8) is 0 Å². The molecule has 17 atom stereocenters. The Hall–Kier alpha value is -4.07. The van der Waals surface area contributed by atoms with Gasteiger partial charge >= 0.3 is 0 Å². The fourth-order valence-electron chi connectivity index (χ4n) is 13.1. The molecule has 3 aliphatic rings. The Morgan fingerprint density at radius 3 is 1.02 bits per heavy atom. The second-order valence-corrected chi connectivity index (χ2v) is 28.9. The number of carbonyl (C=O) groups is 1. The predicted molar refractivity (Wildman–Crippen MR) is 424 cm³/mol. The average Bonchev–Trinajstić information content (AvgIpc) is 0.780. The Labute approximate surface area is 639 Å². The molecule has 12 N–H and O–H groups in total. The molecular weight excluding hydrogens is 1350 g/mol. The first kappa shape index (κ1) is 96.1. The van der Waals surface area contributed by atoms with Crippen LogP contribution in [0.25, 0.3) is 0 Å². The maximum Gasteiger partial charge on any atom is 0.220 e. The van der Waals surface area contributed by atoms with Gasteiger partial charge in [0.25, 0.3) is 0 Å². The van der Waals surface area contributed by atoms with Crippen LogP contribution in [-0.2, 0) is 33.2 Å². The lowest BCUT2D eigenvalue weighted by Gasteiger charge is -2.48. The first-order valence-electron chi connectivity index (χ1n) is 41.4. The van der Waals surface area contributed by atoms with Crippen LogP contribution in [0.15, 0.2) is 134 Å². The van der Waals surface area contributed by atoms with Gasteiger partial charge in [0.2, 0.25) is 5.91 Å². The van der Waals surface area contributed by atoms with Gasteiger partial charge in [0.05, 0.1) is 38.6 Å². The number of unbranched alkanes of at least 4 members (excludes halogenated alkanes) is 28. The van der Waals surface area contributed by atoms with Crippen molar-refractivity contribution in [1.29, 1.82) is 0 Å². The summed E-state index contributed by atoms with van der Waals surface area (Å²) in [6, 6.07) is -0.989. The Bertz CT molecular complexity index is 2440. The highest BCUT2D eigenvalue weighted by Gasteiger charge is 2.54. The second-order valence-electron chi connectivity index (χ2n) is 28.9. The molecular formula is C87H147NO18. The first-order chi connectivity index (χ1) is 51.8. The normalized spacial score (nSPS) is 26.4. The molecule has 0 bridgehead atoms. The van der Waals surface area contributed by atoms with Crippen LogP contribution in [0.4, 0.5) is 0 Å². The van der Waals surface area contributed by atoms with Crippen LogP contribution in [-0.4, -0.2) is 193 Å². The Kier molecular flexibility index (Phi) is 59.5. The molecule has 3 aliphatic heterocycles. The maximum absolute atomic E-state index is 13.5. The lowest BCUT2D eigenvalue weighted by molar-refractivity contribution is -0.379. The molecule has 3 fully saturated rings. The highest BCUT2D eigenvalue weighted by molar-refractivity contribution is 5.76. The lowest BCUT2D eigenvalue weighted by Crippen LogP contribution is -2.66. The summed E-state index contributed by atoms with van der Waals surface area (Å²) in [6.07, 6.45) is 67.1. The molecule has 3 rings (SSSR count). The Morgan fingerprint density at radius 1 is 0.349 bits per heavy atom. The molecule has 0 aromatic rings. The largest absolute Gasteiger partial charge is 0.394 e. The zero-order chi connectivity index (χ0) is 76.7. The second kappa shape index (κ2) is 65.6. The minimum atomic E-state index is -1.99. The monoisotopic (exact) mass is 1490 g/mol. The van der Waals surface area contributed by atoms with E-state index in [4.69, 9.17) is 28.4 Å². The van der Waals surface area contributed by atoms with Crippen molar-refractivity contribution in [2.24, 2.45) is 0 Å². The van der Waals surface area contributed by atoms with Gasteiger partial charge in [-0.3, -0.25) is 4.79 Å². The molecule has 106 heavy (non-hydrogen) atoms. The molecule has 0 aromatic carbocycles. The Morgan fingerprint density at radius 2 is 0.651 bits per heavy atom. The molecule has 19 heteroatoms. The van der Waals surface area contributed by atoms with Crippen LogP contribution in [0.3, 0.4) is 0 Å². The fraction of sp³-hybridized carbons (Fsp3) is 0.736. The molecule has 19 nitrogen and oxygen atoms in total. The van der Waals surface area contributed by atoms with Gasteiger partial charge < -0.3 is 89.9 Å². The molecule has 3 saturated heterocycles. The molecule has 608 valence electrons. The summed E-state index contributed by atoms with van der Waals surface area (Å²) >= 11 is 0. The SMILES string of the molecule is CC/C=C\C/C=C\C/C=C\C/C=C\C/C=C\C/C=C\C/C=C\C/C=C\C/C=C\C/C=C\CCCCCCCCCCC(=O)NC(COC1OC(CO)C(OC2OC(CO)C(OC3OC(CO)C(O)C(O)C3O)C(O)C2O)C(O)C1O)C(O)/C=C/CCCCCCCCCCCCCCCCCCCCCC. The third-order valence-electron chi connectivity index (χ3n) is 19.7. The molecule has 1 amide bonds. The highest BCUT2D eigenvalue weighted by Crippen LogP contribution is 2.33. The van der Waals surface area contributed by atoms with E-state index in [1.54, 1.807) is 6.08 Å². The predicted octanol–water partition coefficient (Wildman–Crippen LogP) is 14.4. The summed E-state index contributed by atoms with van der Waals surface area (Å²) in [6.45, 7) is 1.63. The van der Waals surface area contributed by atoms with E-state index in [1.807, 2.05) is 6.08 Å². The van der Waals surface area contributed by atoms with E-state index in [0.29, 0.717) is 6.42 Å². The van der Waals surface area contributed by atoms with E-state index < -0.39 is 124 Å². The highest BCUT2D eigenvalue weighted by atomic mass is 16.8. The number of hydrogen-bond donors (Lipinski definition) is 12. The third kappa shape index (κ3) is 44.7. The fourth-order valence-corrected chi connectivity index (χ4v) is 13.1. The Balaban J connectivity index is 1.36. The third-order valence-corrected chi connectivity index (χ3v) is 19.7. The number of allylic oxidation sites excluding steroid dienone is 21. The number of aliphatic hydroxyl groups is 11. The van der Waals surface area contributed by atoms with Crippen molar-refractivity contribution in [1.82, 2.24) is 5.32 Å². The minimum Gasteiger partial charge on any atom is -0.394 e. The standard InChI is InChI=1S/C87H147NO18/c1-3-5-7-9-11-13-15-17-19-21-23-25-27-28-29-30-31-32-33-34-35-36-37-38-39-40-41-42-43-45-47-49-51-53-55-57-59-61-63-65-75(93)88-70(71(92)64-62-60-58-56-54-52-50-48-46-44-26-24-22-20-18-16-14-12-10-8-6-4-2)69-101-85-81(99)78(96)83(73(67-90)103-85)106-87-82(100)79(97)84(74(68-91)104-87)105-86-80(98)77(95)76(94)72(66-89)102-86/h5,7,11,13,17,19,23,25,28-29,31-32,34-35,37-38,40-41,43,45,62,64,70-74,76-87,89-92,94-100H,3-4,6,8-10,12,14-16,18,20-22,24,26-27,30,33,36,39,42,44,46-61,63,65-69H2,1-2H3,(H,88,93)/b7-5-,13-11-,19-17-,25-23-,29-28-,32-31-,35-34-,38-37-,41-40-,45-43-,64-62+. The summed E-state index contributed by atoms with van der Waals surface area (Å²) in [5.41, 5.74) is 0. The van der Waals surface area contributed by atoms with Gasteiger partial charge in [0, 0.05) is 6.42 Å². The van der Waals surface area contributed by atoms with Crippen LogP contribution >= 0.6 is 0 Å². The zero-order valence-electron chi connectivity index (χ0n) is 65.1. The molecule has 0 spiro atoms. The van der Waals surface area contributed by atoms with Crippen molar-refractivity contribution in [2.45, 2.75) is 381 Å². The van der Waals surface area contributed by atoms with E-state index >= 15 is 0 Å². The van der Waals surface area contributed by atoms with Crippen LogP contribution < -0.4 is 5.32 Å². The molecule has 0 aliphatic carbocycles. The summed E-state index contributed by atoms with van der Waals surface area (Å²) in [5.74, 6) is -0.287. The average molecular weight is 1500 g/mol. The number of rotatable bonds is 64. The molecule has 0 radical (unpaired) electrons. The van der Waals surface area contributed by atoms with Crippen molar-refractivity contribution >= 4 is 5.91 Å². The van der Waals surface area contributed by atoms with Gasteiger partial charge in [0.15, 0.2) is 18.9 Å². The lowest BCUT2D eigenvalue weighted by atomic mass is 9.96. The maximum atomic E-state index is 13.5. The van der Waals surface area contributed by atoms with E-state index in [2.05, 4.69) is 141 Å². The number of nitrogens with one attached hydrogen (secondary N) is 1. The molecule has 17 unspecified atom stereocenters. The zero-order valence-corrected chi connectivity index (χ0v) is 65.1. The summed E-state index contributed by atoms with van der Waals surface area (Å²) < 4.78 is 34.5. The number of amides is 1. The van der Waals surface area contributed by atoms with E-state index in [1.165, 1.54) is 116 Å². The summed E-state index contributed by atoms with van der Waals surface area (Å²) in [4.78, 5) is 13.5. The summed E-state index contributed by atoms with van der Waals surface area (Å²) in [7, 11) is 0. The van der Waals surface area contributed by atoms with Crippen molar-refractivity contribution in [3.8, 4) is 0 Å². The first-order valence-corrected chi connectivity index (χ1v) is 41.4. The van der Waals surface area contributed by atoms with Gasteiger partial charge in [-0.05, 0) is 96.3 Å². The summed E-state index contributed by atoms with van der Waals surface area (Å²) in [5, 5.41) is 121. The number of ether oxygens (including phenoxy) is 6. The van der Waals surface area contributed by atoms with Crippen LogP contribution in [0.5, 0.6) is 0 Å². The molecule has 0 saturated carbocycles. The van der Waals surface area contributed by atoms with E-state index in [-0.39, 0.29) is 18.9 Å². The van der Waals surface area contributed by atoms with Gasteiger partial charge in [-0.15, -0.1) is 0 Å². The molecule has 0 aromatic heterocycles. The van der Waals surface area contributed by atoms with Crippen molar-refractivity contribution in [3.05, 3.63) is 134 Å². The van der Waals surface area contributed by atoms with Gasteiger partial charge in [-0.25, -0.2) is 0 Å². The number of hydrogen-bond acceptors (Lipinski definition) is 18. The smallest absolute Gasteiger partial charge is 0.220 e. The van der Waals surface area contributed by atoms with Gasteiger partial charge in [-0.2, -0.15) is 0 Å². The topological polar surface area (TPSA) is 307 Å². The van der Waals surface area contributed by atoms with E-state index in [9.17, 15) is 61.0 Å².